The van der Waals surface area contributed by atoms with Crippen molar-refractivity contribution in [1.29, 1.82) is 0 Å². The second-order valence-electron chi connectivity index (χ2n) is 5.20. The zero-order chi connectivity index (χ0) is 14.0. The van der Waals surface area contributed by atoms with Crippen molar-refractivity contribution in [3.63, 3.8) is 0 Å². The molecule has 0 bridgehead atoms. The Hall–Kier alpha value is -0.780. The summed E-state index contributed by atoms with van der Waals surface area (Å²) >= 11 is 0. The molecule has 1 aliphatic rings. The predicted molar refractivity (Wildman–Crippen MR) is 63.2 cm³/mol. The standard InChI is InChI=1S/C12H21F3N2O/c1-3-4-5-6-9(16)10(18)17-7-11(2,13)12(14,15)8-17/h9H,3-8,16H2,1-2H3. The normalized spacial score (nSPS) is 28.4. The first-order chi connectivity index (χ1) is 8.21. The Bertz CT molecular complexity index is 292. The van der Waals surface area contributed by atoms with Crippen molar-refractivity contribution in [2.75, 3.05) is 13.1 Å². The van der Waals surface area contributed by atoms with Crippen molar-refractivity contribution in [3.8, 4) is 0 Å². The summed E-state index contributed by atoms with van der Waals surface area (Å²) in [5.74, 6) is -4.07. The minimum absolute atomic E-state index is 0.456. The summed E-state index contributed by atoms with van der Waals surface area (Å²) in [5.41, 5.74) is 3.00. The van der Waals surface area contributed by atoms with Crippen LogP contribution in [0.2, 0.25) is 0 Å². The molecule has 0 aliphatic carbocycles. The molecule has 1 heterocycles. The highest BCUT2D eigenvalue weighted by Gasteiger charge is 2.59. The smallest absolute Gasteiger partial charge is 0.300 e. The maximum absolute atomic E-state index is 13.6. The average molecular weight is 266 g/mol. The molecule has 0 saturated carbocycles. The molecule has 2 atom stereocenters. The van der Waals surface area contributed by atoms with Gasteiger partial charge < -0.3 is 10.6 Å². The molecule has 2 unspecified atom stereocenters. The van der Waals surface area contributed by atoms with Crippen molar-refractivity contribution in [2.24, 2.45) is 5.73 Å². The molecule has 1 aliphatic heterocycles. The lowest BCUT2D eigenvalue weighted by molar-refractivity contribution is -0.133. The van der Waals surface area contributed by atoms with Gasteiger partial charge >= 0.3 is 0 Å². The zero-order valence-electron chi connectivity index (χ0n) is 10.9. The van der Waals surface area contributed by atoms with Gasteiger partial charge in [0.1, 0.15) is 0 Å². The summed E-state index contributed by atoms with van der Waals surface area (Å²) in [6.07, 6.45) is 3.17. The molecule has 6 heteroatoms. The number of nitrogens with zero attached hydrogens (tertiary/aromatic N) is 1. The first-order valence-electron chi connectivity index (χ1n) is 6.32. The number of hydrogen-bond donors (Lipinski definition) is 1. The number of amides is 1. The molecule has 106 valence electrons. The second kappa shape index (κ2) is 5.47. The van der Waals surface area contributed by atoms with E-state index < -0.39 is 36.6 Å². The summed E-state index contributed by atoms with van der Waals surface area (Å²) in [6, 6.07) is -0.804. The van der Waals surface area contributed by atoms with Crippen LogP contribution in [0.3, 0.4) is 0 Å². The second-order valence-corrected chi connectivity index (χ2v) is 5.20. The lowest BCUT2D eigenvalue weighted by Crippen LogP contribution is -2.43. The van der Waals surface area contributed by atoms with Crippen LogP contribution in [0, 0.1) is 0 Å². The van der Waals surface area contributed by atoms with E-state index in [-0.39, 0.29) is 0 Å². The number of unbranched alkanes of at least 4 members (excludes halogenated alkanes) is 2. The summed E-state index contributed by atoms with van der Waals surface area (Å²) in [6.45, 7) is 1.38. The maximum Gasteiger partial charge on any atom is 0.300 e. The predicted octanol–water partition coefficient (Wildman–Crippen LogP) is 2.10. The molecule has 18 heavy (non-hydrogen) atoms. The van der Waals surface area contributed by atoms with Crippen LogP contribution in [0.5, 0.6) is 0 Å². The molecule has 1 amide bonds. The monoisotopic (exact) mass is 266 g/mol. The highest BCUT2D eigenvalue weighted by Crippen LogP contribution is 2.39. The van der Waals surface area contributed by atoms with Gasteiger partial charge in [0, 0.05) is 0 Å². The summed E-state index contributed by atoms with van der Waals surface area (Å²) < 4.78 is 40.2. The summed E-state index contributed by atoms with van der Waals surface area (Å²) in [7, 11) is 0. The van der Waals surface area contributed by atoms with E-state index in [4.69, 9.17) is 5.73 Å². The Labute approximate surface area is 106 Å². The van der Waals surface area contributed by atoms with Crippen LogP contribution in [0.4, 0.5) is 13.2 Å². The fourth-order valence-electron chi connectivity index (χ4n) is 2.06. The van der Waals surface area contributed by atoms with E-state index in [1.807, 2.05) is 6.92 Å². The van der Waals surface area contributed by atoms with E-state index in [1.165, 1.54) is 0 Å². The molecule has 2 N–H and O–H groups in total. The first kappa shape index (κ1) is 15.3. The van der Waals surface area contributed by atoms with Gasteiger partial charge in [-0.3, -0.25) is 4.79 Å². The van der Waals surface area contributed by atoms with Gasteiger partial charge in [-0.05, 0) is 13.3 Å². The quantitative estimate of drug-likeness (QED) is 0.775. The van der Waals surface area contributed by atoms with Crippen LogP contribution in [0.15, 0.2) is 0 Å². The third-order valence-corrected chi connectivity index (χ3v) is 3.39. The summed E-state index contributed by atoms with van der Waals surface area (Å²) in [4.78, 5) is 12.7. The minimum atomic E-state index is -3.49. The van der Waals surface area contributed by atoms with E-state index in [9.17, 15) is 18.0 Å². The zero-order valence-corrected chi connectivity index (χ0v) is 10.9. The Morgan fingerprint density at radius 1 is 1.33 bits per heavy atom. The molecule has 1 rings (SSSR count). The van der Waals surface area contributed by atoms with Crippen LogP contribution in [-0.2, 0) is 4.79 Å². The number of hydrogen-bond acceptors (Lipinski definition) is 2. The van der Waals surface area contributed by atoms with Crippen LogP contribution < -0.4 is 5.73 Å². The Morgan fingerprint density at radius 3 is 2.39 bits per heavy atom. The Kier molecular flexibility index (Phi) is 4.64. The van der Waals surface area contributed by atoms with Gasteiger partial charge in [-0.2, -0.15) is 0 Å². The largest absolute Gasteiger partial charge is 0.332 e. The molecule has 1 saturated heterocycles. The molecule has 3 nitrogen and oxygen atoms in total. The minimum Gasteiger partial charge on any atom is -0.332 e. The molecular weight excluding hydrogens is 245 g/mol. The molecule has 0 spiro atoms. The van der Waals surface area contributed by atoms with Crippen molar-refractivity contribution in [3.05, 3.63) is 0 Å². The van der Waals surface area contributed by atoms with Crippen LogP contribution in [0.1, 0.15) is 39.5 Å². The maximum atomic E-state index is 13.6. The van der Waals surface area contributed by atoms with Gasteiger partial charge in [-0.1, -0.05) is 26.2 Å². The van der Waals surface area contributed by atoms with E-state index >= 15 is 0 Å². The highest BCUT2D eigenvalue weighted by molar-refractivity contribution is 5.82. The topological polar surface area (TPSA) is 46.3 Å². The van der Waals surface area contributed by atoms with Crippen molar-refractivity contribution in [1.82, 2.24) is 4.90 Å². The number of halogens is 3. The molecule has 0 radical (unpaired) electrons. The number of carbonyl (C=O) groups excluding carboxylic acids is 1. The molecular formula is C12H21F3N2O. The number of rotatable bonds is 5. The van der Waals surface area contributed by atoms with Crippen molar-refractivity contribution < 1.29 is 18.0 Å². The van der Waals surface area contributed by atoms with Crippen molar-refractivity contribution in [2.45, 2.75) is 57.2 Å². The van der Waals surface area contributed by atoms with Gasteiger partial charge in [0.25, 0.3) is 5.92 Å². The van der Waals surface area contributed by atoms with E-state index in [0.717, 1.165) is 31.1 Å². The van der Waals surface area contributed by atoms with Gasteiger partial charge in [-0.25, -0.2) is 13.2 Å². The molecule has 0 aromatic heterocycles. The van der Waals surface area contributed by atoms with E-state index in [0.29, 0.717) is 6.42 Å². The number of likely N-dealkylation sites (tertiary alicyclic amines) is 1. The number of nitrogens with two attached hydrogens (primary N) is 1. The van der Waals surface area contributed by atoms with Gasteiger partial charge in [-0.15, -0.1) is 0 Å². The molecule has 0 aromatic carbocycles. The summed E-state index contributed by atoms with van der Waals surface area (Å²) in [5, 5.41) is 0. The molecule has 1 fully saturated rings. The van der Waals surface area contributed by atoms with Gasteiger partial charge in [0.05, 0.1) is 19.1 Å². The third kappa shape index (κ3) is 3.16. The lowest BCUT2D eigenvalue weighted by atomic mass is 10.1. The van der Waals surface area contributed by atoms with Crippen LogP contribution in [0.25, 0.3) is 0 Å². The fourth-order valence-corrected chi connectivity index (χ4v) is 2.06. The Balaban J connectivity index is 2.54. The third-order valence-electron chi connectivity index (χ3n) is 3.39. The fraction of sp³-hybridized carbons (Fsp3) is 0.917. The Morgan fingerprint density at radius 2 is 1.94 bits per heavy atom. The molecule has 0 aromatic rings. The van der Waals surface area contributed by atoms with E-state index in [1.54, 1.807) is 0 Å². The van der Waals surface area contributed by atoms with Gasteiger partial charge in [0.15, 0.2) is 5.67 Å². The number of alkyl halides is 3. The van der Waals surface area contributed by atoms with Crippen LogP contribution in [-0.4, -0.2) is 41.5 Å². The first-order valence-corrected chi connectivity index (χ1v) is 6.32. The number of carbonyl (C=O) groups is 1. The van der Waals surface area contributed by atoms with Gasteiger partial charge in [0.2, 0.25) is 5.91 Å². The SMILES string of the molecule is CCCCCC(N)C(=O)N1CC(C)(F)C(F)(F)C1. The van der Waals surface area contributed by atoms with Crippen molar-refractivity contribution >= 4 is 5.91 Å². The lowest BCUT2D eigenvalue weighted by Gasteiger charge is -2.20. The highest BCUT2D eigenvalue weighted by atomic mass is 19.3. The van der Waals surface area contributed by atoms with E-state index in [2.05, 4.69) is 0 Å². The average Bonchev–Trinajstić information content (AvgIpc) is 2.47. The van der Waals surface area contributed by atoms with Crippen LogP contribution >= 0.6 is 0 Å².